The molecule has 0 aromatic carbocycles. The van der Waals surface area contributed by atoms with E-state index in [9.17, 15) is 0 Å². The van der Waals surface area contributed by atoms with Crippen molar-refractivity contribution in [2.75, 3.05) is 0 Å². The highest BCUT2D eigenvalue weighted by Gasteiger charge is 2.16. The van der Waals surface area contributed by atoms with Crippen molar-refractivity contribution in [2.45, 2.75) is 32.1 Å². The van der Waals surface area contributed by atoms with Crippen LogP contribution < -0.4 is 0 Å². The van der Waals surface area contributed by atoms with Crippen LogP contribution in [0, 0.1) is 5.92 Å². The number of hydrogen-bond donors (Lipinski definition) is 2. The Balaban J connectivity index is 1.94. The van der Waals surface area contributed by atoms with E-state index in [1.807, 2.05) is 0 Å². The molecule has 0 aliphatic heterocycles. The van der Waals surface area contributed by atoms with Gasteiger partial charge in [-0.15, -0.1) is 5.10 Å². The molecule has 0 atom stereocenters. The molecule has 4 nitrogen and oxygen atoms in total. The molecule has 2 rings (SSSR count). The second-order valence-corrected chi connectivity index (χ2v) is 3.45. The van der Waals surface area contributed by atoms with Gasteiger partial charge in [-0.05, 0) is 5.92 Å². The molecule has 1 saturated carbocycles. The molecule has 1 aromatic heterocycles. The van der Waals surface area contributed by atoms with Crippen LogP contribution in [0.4, 0.5) is 0 Å². The monoisotopic (exact) mass is 167 g/mol. The van der Waals surface area contributed by atoms with Gasteiger partial charge in [0.05, 0.1) is 0 Å². The zero-order valence-corrected chi connectivity index (χ0v) is 6.95. The molecule has 66 valence electrons. The highest BCUT2D eigenvalue weighted by molar-refractivity contribution is 4.94. The van der Waals surface area contributed by atoms with Crippen LogP contribution in [0.5, 0.6) is 6.01 Å². The van der Waals surface area contributed by atoms with Gasteiger partial charge >= 0.3 is 6.01 Å². The average Bonchev–Trinajstić information content (AvgIpc) is 2.63. The Morgan fingerprint density at radius 3 is 2.67 bits per heavy atom. The first-order valence-electron chi connectivity index (χ1n) is 4.45. The van der Waals surface area contributed by atoms with Crippen LogP contribution in [0.1, 0.15) is 31.5 Å². The Bertz CT molecular complexity index is 253. The van der Waals surface area contributed by atoms with Gasteiger partial charge in [0, 0.05) is 6.42 Å². The van der Waals surface area contributed by atoms with E-state index < -0.39 is 0 Å². The van der Waals surface area contributed by atoms with Gasteiger partial charge in [-0.1, -0.05) is 30.8 Å². The summed E-state index contributed by atoms with van der Waals surface area (Å²) >= 11 is 0. The minimum atomic E-state index is -0.0667. The molecule has 1 aliphatic carbocycles. The predicted octanol–water partition coefficient (Wildman–Crippen LogP) is 1.24. The second-order valence-electron chi connectivity index (χ2n) is 3.45. The third-order valence-corrected chi connectivity index (χ3v) is 2.48. The molecule has 12 heavy (non-hydrogen) atoms. The molecule has 0 unspecified atom stereocenters. The molecule has 1 heterocycles. The first kappa shape index (κ1) is 7.58. The number of nitrogens with one attached hydrogen (secondary N) is 1. The number of H-pyrrole nitrogens is 1. The average molecular weight is 167 g/mol. The fourth-order valence-electron chi connectivity index (χ4n) is 1.87. The molecule has 0 radical (unpaired) electrons. The van der Waals surface area contributed by atoms with Gasteiger partial charge in [0.15, 0.2) is 0 Å². The smallest absolute Gasteiger partial charge is 0.311 e. The number of aromatic nitrogens is 3. The van der Waals surface area contributed by atoms with Crippen molar-refractivity contribution in [1.82, 2.24) is 15.2 Å². The van der Waals surface area contributed by atoms with Gasteiger partial charge in [0.25, 0.3) is 0 Å². The summed E-state index contributed by atoms with van der Waals surface area (Å²) in [6, 6.07) is -0.0667. The van der Waals surface area contributed by atoms with Crippen molar-refractivity contribution in [3.8, 4) is 6.01 Å². The molecule has 0 spiro atoms. The van der Waals surface area contributed by atoms with E-state index >= 15 is 0 Å². The number of hydrogen-bond acceptors (Lipinski definition) is 3. The van der Waals surface area contributed by atoms with Gasteiger partial charge < -0.3 is 5.11 Å². The van der Waals surface area contributed by atoms with E-state index in [0.717, 1.165) is 18.2 Å². The number of nitrogens with zero attached hydrogens (tertiary/aromatic N) is 2. The maximum Gasteiger partial charge on any atom is 0.311 e. The van der Waals surface area contributed by atoms with Gasteiger partial charge in [0.2, 0.25) is 0 Å². The van der Waals surface area contributed by atoms with Gasteiger partial charge in [0.1, 0.15) is 5.82 Å². The number of rotatable bonds is 2. The van der Waals surface area contributed by atoms with Gasteiger partial charge in [-0.3, -0.25) is 4.98 Å². The number of aromatic amines is 1. The SMILES string of the molecule is Oc1nnc(CC2CCCC2)[nH]1. The molecule has 0 amide bonds. The first-order valence-corrected chi connectivity index (χ1v) is 4.45. The molecule has 0 saturated heterocycles. The lowest BCUT2D eigenvalue weighted by Gasteiger charge is -2.03. The van der Waals surface area contributed by atoms with E-state index in [0.29, 0.717) is 0 Å². The lowest BCUT2D eigenvalue weighted by atomic mass is 10.0. The molecule has 2 N–H and O–H groups in total. The van der Waals surface area contributed by atoms with E-state index in [2.05, 4.69) is 15.2 Å². The van der Waals surface area contributed by atoms with Crippen molar-refractivity contribution in [2.24, 2.45) is 5.92 Å². The fourth-order valence-corrected chi connectivity index (χ4v) is 1.87. The normalized spacial score (nSPS) is 18.7. The van der Waals surface area contributed by atoms with Crippen LogP contribution in [0.3, 0.4) is 0 Å². The lowest BCUT2D eigenvalue weighted by molar-refractivity contribution is 0.432. The van der Waals surface area contributed by atoms with Crippen LogP contribution in [-0.2, 0) is 6.42 Å². The van der Waals surface area contributed by atoms with E-state index in [4.69, 9.17) is 5.11 Å². The summed E-state index contributed by atoms with van der Waals surface area (Å²) in [5.74, 6) is 1.57. The van der Waals surface area contributed by atoms with Gasteiger partial charge in [-0.2, -0.15) is 0 Å². The zero-order chi connectivity index (χ0) is 8.39. The van der Waals surface area contributed by atoms with Crippen molar-refractivity contribution in [3.05, 3.63) is 5.82 Å². The highest BCUT2D eigenvalue weighted by Crippen LogP contribution is 2.27. The molecule has 1 fully saturated rings. The van der Waals surface area contributed by atoms with E-state index in [1.165, 1.54) is 25.7 Å². The zero-order valence-electron chi connectivity index (χ0n) is 6.95. The molecule has 4 heteroatoms. The largest absolute Gasteiger partial charge is 0.479 e. The van der Waals surface area contributed by atoms with Crippen LogP contribution >= 0.6 is 0 Å². The van der Waals surface area contributed by atoms with Crippen molar-refractivity contribution in [1.29, 1.82) is 0 Å². The van der Waals surface area contributed by atoms with Crippen LogP contribution in [0.15, 0.2) is 0 Å². The summed E-state index contributed by atoms with van der Waals surface area (Å²) in [5.41, 5.74) is 0. The minimum Gasteiger partial charge on any atom is -0.479 e. The predicted molar refractivity (Wildman–Crippen MR) is 43.7 cm³/mol. The summed E-state index contributed by atoms with van der Waals surface area (Å²) in [4.78, 5) is 2.74. The summed E-state index contributed by atoms with van der Waals surface area (Å²) in [6.07, 6.45) is 6.20. The third kappa shape index (κ3) is 1.57. The van der Waals surface area contributed by atoms with Crippen molar-refractivity contribution < 1.29 is 5.11 Å². The molecule has 1 aromatic rings. The van der Waals surface area contributed by atoms with Gasteiger partial charge in [-0.25, -0.2) is 0 Å². The maximum absolute atomic E-state index is 8.90. The molecule has 0 bridgehead atoms. The summed E-state index contributed by atoms with van der Waals surface area (Å²) < 4.78 is 0. The van der Waals surface area contributed by atoms with Crippen LogP contribution in [0.2, 0.25) is 0 Å². The van der Waals surface area contributed by atoms with Crippen LogP contribution in [0.25, 0.3) is 0 Å². The van der Waals surface area contributed by atoms with Crippen molar-refractivity contribution >= 4 is 0 Å². The quantitative estimate of drug-likeness (QED) is 0.696. The molecule has 1 aliphatic rings. The lowest BCUT2D eigenvalue weighted by Crippen LogP contribution is -2.00. The first-order chi connectivity index (χ1) is 5.84. The van der Waals surface area contributed by atoms with Crippen molar-refractivity contribution in [3.63, 3.8) is 0 Å². The molecular formula is C8H13N3O. The Labute approximate surface area is 71.0 Å². The Morgan fingerprint density at radius 1 is 1.33 bits per heavy atom. The summed E-state index contributed by atoms with van der Waals surface area (Å²) in [6.45, 7) is 0. The highest BCUT2D eigenvalue weighted by atomic mass is 16.3. The van der Waals surface area contributed by atoms with E-state index in [-0.39, 0.29) is 6.01 Å². The Kier molecular flexibility index (Phi) is 1.98. The standard InChI is InChI=1S/C8H13N3O/c12-8-9-7(10-11-8)5-6-3-1-2-4-6/h6H,1-5H2,(H2,9,10,11,12). The Hall–Kier alpha value is -1.06. The minimum absolute atomic E-state index is 0.0667. The topological polar surface area (TPSA) is 61.8 Å². The summed E-state index contributed by atoms with van der Waals surface area (Å²) in [5, 5.41) is 16.2. The van der Waals surface area contributed by atoms with Crippen LogP contribution in [-0.4, -0.2) is 20.3 Å². The Morgan fingerprint density at radius 2 is 2.08 bits per heavy atom. The molecular weight excluding hydrogens is 154 g/mol. The fraction of sp³-hybridized carbons (Fsp3) is 0.750. The second kappa shape index (κ2) is 3.13. The maximum atomic E-state index is 8.90. The number of aromatic hydroxyl groups is 1. The summed E-state index contributed by atoms with van der Waals surface area (Å²) in [7, 11) is 0. The van der Waals surface area contributed by atoms with E-state index in [1.54, 1.807) is 0 Å². The third-order valence-electron chi connectivity index (χ3n) is 2.48.